The molecule has 2 N–H and O–H groups in total. The quantitative estimate of drug-likeness (QED) is 0.256. The number of aromatic nitrogens is 1. The van der Waals surface area contributed by atoms with Crippen molar-refractivity contribution in [3.05, 3.63) is 23.9 Å². The number of hydrogen-bond donors (Lipinski definition) is 2. The number of halogens is 1. The molecule has 0 unspecified atom stereocenters. The Morgan fingerprint density at radius 1 is 1.22 bits per heavy atom. The summed E-state index contributed by atoms with van der Waals surface area (Å²) in [6.07, 6.45) is 3.74. The fraction of sp³-hybridized carbons (Fsp3) is 0.625. The zero-order chi connectivity index (χ0) is 16.0. The SMILES string of the molecule is CCCOc1ccc(CN=C(NCC)NCCCOC)cn1.I. The molecule has 1 aromatic heterocycles. The molecule has 23 heavy (non-hydrogen) atoms. The van der Waals surface area contributed by atoms with Crippen molar-refractivity contribution in [3.63, 3.8) is 0 Å². The van der Waals surface area contributed by atoms with Crippen LogP contribution < -0.4 is 15.4 Å². The maximum absolute atomic E-state index is 5.47. The third-order valence-corrected chi connectivity index (χ3v) is 2.83. The molecule has 0 aliphatic carbocycles. The first-order valence-corrected chi connectivity index (χ1v) is 7.89. The van der Waals surface area contributed by atoms with Crippen LogP contribution >= 0.6 is 24.0 Å². The summed E-state index contributed by atoms with van der Waals surface area (Å²) in [6, 6.07) is 3.88. The second-order valence-corrected chi connectivity index (χ2v) is 4.82. The summed E-state index contributed by atoms with van der Waals surface area (Å²) >= 11 is 0. The standard InChI is InChI=1S/C16H28N4O2.HI/c1-4-10-22-15-8-7-14(12-19-15)13-20-16(17-5-2)18-9-6-11-21-3;/h7-8,12H,4-6,9-11,13H2,1-3H3,(H2,17,18,20);1H. The number of methoxy groups -OCH3 is 1. The summed E-state index contributed by atoms with van der Waals surface area (Å²) in [6.45, 7) is 7.81. The molecular formula is C16H29IN4O2. The van der Waals surface area contributed by atoms with Gasteiger partial charge in [0, 0.05) is 39.1 Å². The van der Waals surface area contributed by atoms with Crippen molar-refractivity contribution in [2.24, 2.45) is 4.99 Å². The summed E-state index contributed by atoms with van der Waals surface area (Å²) in [5.41, 5.74) is 1.05. The van der Waals surface area contributed by atoms with Gasteiger partial charge in [-0.25, -0.2) is 9.98 Å². The van der Waals surface area contributed by atoms with E-state index >= 15 is 0 Å². The first-order chi connectivity index (χ1) is 10.8. The average molecular weight is 436 g/mol. The summed E-state index contributed by atoms with van der Waals surface area (Å²) < 4.78 is 10.5. The van der Waals surface area contributed by atoms with Gasteiger partial charge in [0.2, 0.25) is 5.88 Å². The highest BCUT2D eigenvalue weighted by Crippen LogP contribution is 2.08. The summed E-state index contributed by atoms with van der Waals surface area (Å²) in [7, 11) is 1.71. The van der Waals surface area contributed by atoms with Crippen LogP contribution in [0.15, 0.2) is 23.3 Å². The van der Waals surface area contributed by atoms with E-state index in [1.165, 1.54) is 0 Å². The van der Waals surface area contributed by atoms with Gasteiger partial charge in [-0.1, -0.05) is 13.0 Å². The van der Waals surface area contributed by atoms with Gasteiger partial charge in [0.25, 0.3) is 0 Å². The number of rotatable bonds is 10. The van der Waals surface area contributed by atoms with Crippen molar-refractivity contribution in [2.45, 2.75) is 33.2 Å². The molecule has 1 heterocycles. The Bertz CT molecular complexity index is 427. The minimum Gasteiger partial charge on any atom is -0.478 e. The first-order valence-electron chi connectivity index (χ1n) is 7.89. The minimum atomic E-state index is 0. The van der Waals surface area contributed by atoms with Crippen molar-refractivity contribution in [2.75, 3.05) is 33.4 Å². The largest absolute Gasteiger partial charge is 0.478 e. The number of hydrogen-bond acceptors (Lipinski definition) is 4. The molecule has 0 bridgehead atoms. The van der Waals surface area contributed by atoms with E-state index in [4.69, 9.17) is 9.47 Å². The van der Waals surface area contributed by atoms with Crippen molar-refractivity contribution >= 4 is 29.9 Å². The molecule has 1 aromatic rings. The molecule has 6 nitrogen and oxygen atoms in total. The van der Waals surface area contributed by atoms with Gasteiger partial charge >= 0.3 is 0 Å². The highest BCUT2D eigenvalue weighted by atomic mass is 127. The molecular weight excluding hydrogens is 407 g/mol. The van der Waals surface area contributed by atoms with Gasteiger partial charge < -0.3 is 20.1 Å². The van der Waals surface area contributed by atoms with Gasteiger partial charge in [-0.15, -0.1) is 24.0 Å². The molecule has 0 aliphatic heterocycles. The van der Waals surface area contributed by atoms with Crippen LogP contribution in [0.1, 0.15) is 32.3 Å². The zero-order valence-corrected chi connectivity index (χ0v) is 16.6. The van der Waals surface area contributed by atoms with E-state index < -0.39 is 0 Å². The fourth-order valence-corrected chi connectivity index (χ4v) is 1.73. The Labute approximate surface area is 156 Å². The van der Waals surface area contributed by atoms with Crippen LogP contribution in [0.3, 0.4) is 0 Å². The van der Waals surface area contributed by atoms with Crippen LogP contribution in [0.4, 0.5) is 0 Å². The Morgan fingerprint density at radius 3 is 2.65 bits per heavy atom. The number of nitrogens with one attached hydrogen (secondary N) is 2. The first kappa shape index (κ1) is 21.9. The molecule has 0 radical (unpaired) electrons. The monoisotopic (exact) mass is 436 g/mol. The zero-order valence-electron chi connectivity index (χ0n) is 14.3. The lowest BCUT2D eigenvalue weighted by Gasteiger charge is -2.11. The normalized spacial score (nSPS) is 10.8. The maximum atomic E-state index is 5.47. The number of pyridine rings is 1. The Morgan fingerprint density at radius 2 is 2.04 bits per heavy atom. The van der Waals surface area contributed by atoms with Gasteiger partial charge in [0.15, 0.2) is 5.96 Å². The molecule has 0 atom stereocenters. The lowest BCUT2D eigenvalue weighted by Crippen LogP contribution is -2.38. The highest BCUT2D eigenvalue weighted by molar-refractivity contribution is 14.0. The Balaban J connectivity index is 0.00000484. The van der Waals surface area contributed by atoms with E-state index in [-0.39, 0.29) is 24.0 Å². The van der Waals surface area contributed by atoms with Gasteiger partial charge in [0.05, 0.1) is 13.2 Å². The van der Waals surface area contributed by atoms with E-state index in [1.807, 2.05) is 25.3 Å². The topological polar surface area (TPSA) is 67.8 Å². The lowest BCUT2D eigenvalue weighted by molar-refractivity contribution is 0.195. The van der Waals surface area contributed by atoms with Gasteiger partial charge in [-0.05, 0) is 25.3 Å². The van der Waals surface area contributed by atoms with E-state index in [9.17, 15) is 0 Å². The molecule has 1 rings (SSSR count). The fourth-order valence-electron chi connectivity index (χ4n) is 1.73. The van der Waals surface area contributed by atoms with Crippen LogP contribution in [-0.4, -0.2) is 44.4 Å². The van der Waals surface area contributed by atoms with E-state index in [0.29, 0.717) is 19.0 Å². The summed E-state index contributed by atoms with van der Waals surface area (Å²) in [5, 5.41) is 6.50. The molecule has 0 aromatic carbocycles. The van der Waals surface area contributed by atoms with Gasteiger partial charge in [-0.3, -0.25) is 0 Å². The number of aliphatic imine (C=N–C) groups is 1. The second kappa shape index (κ2) is 14.5. The molecule has 7 heteroatoms. The third kappa shape index (κ3) is 10.3. The predicted molar refractivity (Wildman–Crippen MR) is 105 cm³/mol. The predicted octanol–water partition coefficient (Wildman–Crippen LogP) is 2.58. The molecule has 0 fully saturated rings. The molecule has 0 amide bonds. The summed E-state index contributed by atoms with van der Waals surface area (Å²) in [4.78, 5) is 8.82. The highest BCUT2D eigenvalue weighted by Gasteiger charge is 1.99. The van der Waals surface area contributed by atoms with E-state index in [2.05, 4.69) is 27.5 Å². The van der Waals surface area contributed by atoms with Crippen molar-refractivity contribution in [1.29, 1.82) is 0 Å². The molecule has 0 spiro atoms. The van der Waals surface area contributed by atoms with Crippen LogP contribution in [0.2, 0.25) is 0 Å². The van der Waals surface area contributed by atoms with Gasteiger partial charge in [0.1, 0.15) is 0 Å². The van der Waals surface area contributed by atoms with Crippen LogP contribution in [0.25, 0.3) is 0 Å². The Kier molecular flexibility index (Phi) is 13.8. The van der Waals surface area contributed by atoms with Crippen LogP contribution in [0.5, 0.6) is 5.88 Å². The number of ether oxygens (including phenoxy) is 2. The van der Waals surface area contributed by atoms with Crippen LogP contribution in [-0.2, 0) is 11.3 Å². The smallest absolute Gasteiger partial charge is 0.213 e. The number of nitrogens with zero attached hydrogens (tertiary/aromatic N) is 2. The second-order valence-electron chi connectivity index (χ2n) is 4.82. The van der Waals surface area contributed by atoms with E-state index in [0.717, 1.165) is 44.1 Å². The van der Waals surface area contributed by atoms with Crippen molar-refractivity contribution in [1.82, 2.24) is 15.6 Å². The Hall–Kier alpha value is -1.09. The molecule has 0 saturated heterocycles. The van der Waals surface area contributed by atoms with Gasteiger partial charge in [-0.2, -0.15) is 0 Å². The summed E-state index contributed by atoms with van der Waals surface area (Å²) in [5.74, 6) is 1.48. The lowest BCUT2D eigenvalue weighted by atomic mass is 10.3. The van der Waals surface area contributed by atoms with Crippen LogP contribution in [0, 0.1) is 0 Å². The molecule has 132 valence electrons. The molecule has 0 saturated carbocycles. The molecule has 0 aliphatic rings. The van der Waals surface area contributed by atoms with Crippen molar-refractivity contribution in [3.8, 4) is 5.88 Å². The minimum absolute atomic E-state index is 0. The average Bonchev–Trinajstić information content (AvgIpc) is 2.55. The maximum Gasteiger partial charge on any atom is 0.213 e. The van der Waals surface area contributed by atoms with Crippen molar-refractivity contribution < 1.29 is 9.47 Å². The third-order valence-electron chi connectivity index (χ3n) is 2.83. The van der Waals surface area contributed by atoms with E-state index in [1.54, 1.807) is 7.11 Å². The number of guanidine groups is 1.